The fraction of sp³-hybridized carbons (Fsp3) is 0.0909. The van der Waals surface area contributed by atoms with E-state index in [4.69, 9.17) is 0 Å². The Balaban J connectivity index is 3.07. The lowest BCUT2D eigenvalue weighted by molar-refractivity contribution is 0.0600. The van der Waals surface area contributed by atoms with Gasteiger partial charge in [0, 0.05) is 0 Å². The molecule has 1 radical (unpaired) electrons. The highest BCUT2D eigenvalue weighted by Crippen LogP contribution is 2.15. The average Bonchev–Trinajstić information content (AvgIpc) is 2.35. The van der Waals surface area contributed by atoms with Crippen molar-refractivity contribution in [2.75, 3.05) is 7.11 Å². The molecule has 91 valence electrons. The van der Waals surface area contributed by atoms with Gasteiger partial charge in [-0.2, -0.15) is 8.42 Å². The largest absolute Gasteiger partial charge is 0.465 e. The molecule has 5 nitrogen and oxygen atoms in total. The summed E-state index contributed by atoms with van der Waals surface area (Å²) in [6, 6.07) is 5.37. The number of carbonyl (C=O) groups excluding carboxylic acids is 1. The zero-order chi connectivity index (χ0) is 12.9. The molecule has 0 saturated carbocycles. The first-order chi connectivity index (χ1) is 8.01. The predicted molar refractivity (Wildman–Crippen MR) is 60.5 cm³/mol. The highest BCUT2D eigenvalue weighted by molar-refractivity contribution is 7.86. The standard InChI is InChI=1S/C11H11O5S/c1-3-7-16-17(13,14)10-6-4-5-9(8-10)11(12)15-2/h3-8H,1H2,2H3. The second-order valence-corrected chi connectivity index (χ2v) is 4.51. The van der Waals surface area contributed by atoms with Crippen LogP contribution in [0, 0.1) is 6.61 Å². The van der Waals surface area contributed by atoms with Crippen LogP contribution < -0.4 is 0 Å². The summed E-state index contributed by atoms with van der Waals surface area (Å²) in [5, 5.41) is 0. The fourth-order valence-electron chi connectivity index (χ4n) is 1.06. The van der Waals surface area contributed by atoms with Crippen molar-refractivity contribution in [3.05, 3.63) is 49.1 Å². The van der Waals surface area contributed by atoms with Crippen molar-refractivity contribution in [1.82, 2.24) is 0 Å². The van der Waals surface area contributed by atoms with Crippen molar-refractivity contribution in [2.24, 2.45) is 0 Å². The number of methoxy groups -OCH3 is 1. The lowest BCUT2D eigenvalue weighted by Crippen LogP contribution is -2.07. The van der Waals surface area contributed by atoms with E-state index in [1.54, 1.807) is 0 Å². The number of ether oxygens (including phenoxy) is 1. The molecule has 1 aromatic carbocycles. The minimum absolute atomic E-state index is 0.126. The van der Waals surface area contributed by atoms with Crippen molar-refractivity contribution in [3.8, 4) is 0 Å². The molecule has 0 bridgehead atoms. The lowest BCUT2D eigenvalue weighted by atomic mass is 10.2. The van der Waals surface area contributed by atoms with E-state index in [-0.39, 0.29) is 10.5 Å². The summed E-state index contributed by atoms with van der Waals surface area (Å²) in [7, 11) is -2.71. The van der Waals surface area contributed by atoms with Gasteiger partial charge in [-0.05, 0) is 18.2 Å². The number of hydrogen-bond acceptors (Lipinski definition) is 5. The molecule has 0 amide bonds. The fourth-order valence-corrected chi connectivity index (χ4v) is 1.92. The lowest BCUT2D eigenvalue weighted by Gasteiger charge is -2.04. The van der Waals surface area contributed by atoms with Crippen molar-refractivity contribution < 1.29 is 22.1 Å². The molecule has 17 heavy (non-hydrogen) atoms. The summed E-state index contributed by atoms with van der Waals surface area (Å²) in [4.78, 5) is 11.1. The Kier molecular flexibility index (Phi) is 4.42. The molecule has 0 fully saturated rings. The number of rotatable bonds is 5. The summed E-state index contributed by atoms with van der Waals surface area (Å²) in [5.41, 5.74) is 0.135. The van der Waals surface area contributed by atoms with Gasteiger partial charge in [-0.1, -0.05) is 12.1 Å². The Morgan fingerprint density at radius 1 is 1.41 bits per heavy atom. The topological polar surface area (TPSA) is 69.7 Å². The van der Waals surface area contributed by atoms with Gasteiger partial charge in [-0.3, -0.25) is 4.18 Å². The molecule has 0 aliphatic rings. The third-order valence-electron chi connectivity index (χ3n) is 1.82. The molecular weight excluding hydrogens is 244 g/mol. The summed E-state index contributed by atoms with van der Waals surface area (Å²) < 4.78 is 32.2. The molecule has 1 aromatic rings. The van der Waals surface area contributed by atoms with Crippen molar-refractivity contribution >= 4 is 16.1 Å². The Morgan fingerprint density at radius 3 is 2.71 bits per heavy atom. The highest BCUT2D eigenvalue weighted by Gasteiger charge is 2.16. The maximum atomic E-state index is 11.6. The van der Waals surface area contributed by atoms with Crippen LogP contribution in [-0.2, 0) is 19.0 Å². The van der Waals surface area contributed by atoms with Crippen molar-refractivity contribution in [3.63, 3.8) is 0 Å². The smallest absolute Gasteiger partial charge is 0.337 e. The molecular formula is C11H11O5S. The third kappa shape index (κ3) is 3.40. The van der Waals surface area contributed by atoms with Crippen LogP contribution in [-0.4, -0.2) is 21.5 Å². The van der Waals surface area contributed by atoms with E-state index in [1.165, 1.54) is 37.5 Å². The van der Waals surface area contributed by atoms with E-state index in [1.807, 2.05) is 0 Å². The minimum Gasteiger partial charge on any atom is -0.465 e. The second kappa shape index (κ2) is 5.60. The summed E-state index contributed by atoms with van der Waals surface area (Å²) in [6.07, 6.45) is 1.20. The van der Waals surface area contributed by atoms with Crippen molar-refractivity contribution in [2.45, 2.75) is 4.90 Å². The highest BCUT2D eigenvalue weighted by atomic mass is 32.2. The van der Waals surface area contributed by atoms with Gasteiger partial charge in [-0.15, -0.1) is 6.58 Å². The van der Waals surface area contributed by atoms with Crippen LogP contribution in [0.1, 0.15) is 10.4 Å². The summed E-state index contributed by atoms with van der Waals surface area (Å²) >= 11 is 0. The van der Waals surface area contributed by atoms with Crippen LogP contribution in [0.5, 0.6) is 0 Å². The Bertz CT molecular complexity index is 518. The summed E-state index contributed by atoms with van der Waals surface area (Å²) in [6.45, 7) is 4.24. The Morgan fingerprint density at radius 2 is 2.12 bits per heavy atom. The first-order valence-electron chi connectivity index (χ1n) is 4.57. The van der Waals surface area contributed by atoms with Crippen LogP contribution >= 0.6 is 0 Å². The molecule has 0 aromatic heterocycles. The van der Waals surface area contributed by atoms with Gasteiger partial charge in [-0.25, -0.2) is 4.79 Å². The van der Waals surface area contributed by atoms with E-state index < -0.39 is 16.1 Å². The Hall–Kier alpha value is -1.66. The first-order valence-corrected chi connectivity index (χ1v) is 5.98. The summed E-state index contributed by atoms with van der Waals surface area (Å²) in [5.74, 6) is -0.616. The SMILES string of the molecule is C=C[CH]OS(=O)(=O)c1cccc(C(=O)OC)c1. The second-order valence-electron chi connectivity index (χ2n) is 2.94. The zero-order valence-corrected chi connectivity index (χ0v) is 9.94. The monoisotopic (exact) mass is 255 g/mol. The quantitative estimate of drug-likeness (QED) is 0.589. The molecule has 0 unspecified atom stereocenters. The van der Waals surface area contributed by atoms with Gasteiger partial charge in [0.1, 0.15) is 6.61 Å². The maximum Gasteiger partial charge on any atom is 0.337 e. The van der Waals surface area contributed by atoms with Gasteiger partial charge < -0.3 is 4.74 Å². The van der Waals surface area contributed by atoms with Crippen LogP contribution in [0.25, 0.3) is 0 Å². The zero-order valence-electron chi connectivity index (χ0n) is 9.12. The van der Waals surface area contributed by atoms with Crippen molar-refractivity contribution in [1.29, 1.82) is 0 Å². The number of carbonyl (C=O) groups is 1. The first kappa shape index (κ1) is 13.4. The van der Waals surface area contributed by atoms with E-state index >= 15 is 0 Å². The molecule has 0 heterocycles. The number of benzene rings is 1. The van der Waals surface area contributed by atoms with E-state index in [0.29, 0.717) is 0 Å². The molecule has 0 atom stereocenters. The van der Waals surface area contributed by atoms with Gasteiger partial charge in [0.25, 0.3) is 10.1 Å². The molecule has 6 heteroatoms. The van der Waals surface area contributed by atoms with Gasteiger partial charge in [0.2, 0.25) is 0 Å². The molecule has 0 spiro atoms. The van der Waals surface area contributed by atoms with Crippen LogP contribution in [0.2, 0.25) is 0 Å². The van der Waals surface area contributed by atoms with Gasteiger partial charge in [0.15, 0.2) is 0 Å². The molecule has 0 saturated heterocycles. The van der Waals surface area contributed by atoms with Crippen LogP contribution in [0.3, 0.4) is 0 Å². The average molecular weight is 255 g/mol. The molecule has 0 aliphatic carbocycles. The van der Waals surface area contributed by atoms with Gasteiger partial charge >= 0.3 is 5.97 Å². The van der Waals surface area contributed by atoms with Crippen LogP contribution in [0.4, 0.5) is 0 Å². The normalized spacial score (nSPS) is 10.9. The molecule has 0 aliphatic heterocycles. The van der Waals surface area contributed by atoms with Gasteiger partial charge in [0.05, 0.1) is 17.6 Å². The maximum absolute atomic E-state index is 11.6. The van der Waals surface area contributed by atoms with E-state index in [2.05, 4.69) is 15.5 Å². The van der Waals surface area contributed by atoms with Crippen LogP contribution in [0.15, 0.2) is 41.8 Å². The molecule has 1 rings (SSSR count). The third-order valence-corrected chi connectivity index (χ3v) is 3.02. The predicted octanol–water partition coefficient (Wildman–Crippen LogP) is 1.53. The number of esters is 1. The number of hydrogen-bond donors (Lipinski definition) is 0. The minimum atomic E-state index is -3.92. The van der Waals surface area contributed by atoms with E-state index in [0.717, 1.165) is 6.61 Å². The Labute approximate surface area is 99.8 Å². The van der Waals surface area contributed by atoms with E-state index in [9.17, 15) is 13.2 Å². The molecule has 0 N–H and O–H groups in total.